The first-order valence-corrected chi connectivity index (χ1v) is 10.3. The minimum atomic E-state index is -0.385. The average Bonchev–Trinajstić information content (AvgIpc) is 2.81. The molecule has 138 valence electrons. The molecule has 2 atom stereocenters. The van der Waals surface area contributed by atoms with Crippen molar-refractivity contribution in [3.63, 3.8) is 0 Å². The zero-order valence-corrected chi connectivity index (χ0v) is 15.6. The lowest BCUT2D eigenvalue weighted by Gasteiger charge is -2.29. The summed E-state index contributed by atoms with van der Waals surface area (Å²) < 4.78 is 2.11. The Bertz CT molecular complexity index is 618. The molecule has 1 aliphatic carbocycles. The van der Waals surface area contributed by atoms with Crippen LogP contribution in [0.1, 0.15) is 57.7 Å². The molecule has 0 unspecified atom stereocenters. The molecule has 2 heterocycles. The van der Waals surface area contributed by atoms with Crippen LogP contribution in [-0.4, -0.2) is 38.5 Å². The summed E-state index contributed by atoms with van der Waals surface area (Å²) in [6, 6.07) is -0.217. The van der Waals surface area contributed by atoms with Gasteiger partial charge in [-0.2, -0.15) is 0 Å². The zero-order valence-electron chi connectivity index (χ0n) is 14.8. The van der Waals surface area contributed by atoms with E-state index >= 15 is 0 Å². The molecule has 0 saturated heterocycles. The number of hydrogen-bond acceptors (Lipinski definition) is 5. The van der Waals surface area contributed by atoms with E-state index in [-0.39, 0.29) is 23.7 Å². The number of urea groups is 1. The Morgan fingerprint density at radius 1 is 1.16 bits per heavy atom. The lowest BCUT2D eigenvalue weighted by Crippen LogP contribution is -2.48. The standard InChI is InChI=1S/C17H27N5O2S/c1-12-7-4-5-8-13(12)18-16(24)19-15(23)11-25-17-21-20-14-9-3-2-6-10-22(14)17/h12-13H,2-11H2,1H3,(H2,18,19,23,24)/t12-,13+/m0/s1. The number of thioether (sulfide) groups is 1. The molecule has 0 radical (unpaired) electrons. The van der Waals surface area contributed by atoms with Crippen LogP contribution in [0, 0.1) is 5.92 Å². The number of amides is 3. The van der Waals surface area contributed by atoms with Crippen molar-refractivity contribution in [3.05, 3.63) is 5.82 Å². The van der Waals surface area contributed by atoms with Crippen LogP contribution in [0.5, 0.6) is 0 Å². The lowest BCUT2D eigenvalue weighted by atomic mass is 9.86. The Morgan fingerprint density at radius 3 is 2.84 bits per heavy atom. The first-order chi connectivity index (χ1) is 12.1. The number of fused-ring (bicyclic) bond motifs is 1. The van der Waals surface area contributed by atoms with Crippen molar-refractivity contribution in [3.8, 4) is 0 Å². The molecular weight excluding hydrogens is 338 g/mol. The highest BCUT2D eigenvalue weighted by molar-refractivity contribution is 7.99. The molecule has 0 aromatic carbocycles. The van der Waals surface area contributed by atoms with Crippen molar-refractivity contribution in [2.45, 2.75) is 76.0 Å². The quantitative estimate of drug-likeness (QED) is 0.800. The van der Waals surface area contributed by atoms with Gasteiger partial charge in [0.2, 0.25) is 5.91 Å². The second-order valence-electron chi connectivity index (χ2n) is 7.04. The number of carbonyl (C=O) groups excluding carboxylic acids is 2. The third-order valence-electron chi connectivity index (χ3n) is 5.09. The van der Waals surface area contributed by atoms with E-state index in [4.69, 9.17) is 0 Å². The summed E-state index contributed by atoms with van der Waals surface area (Å²) in [5.41, 5.74) is 0. The number of carbonyl (C=O) groups is 2. The molecule has 1 saturated carbocycles. The highest BCUT2D eigenvalue weighted by Gasteiger charge is 2.23. The third kappa shape index (κ3) is 4.96. The number of nitrogens with zero attached hydrogens (tertiary/aromatic N) is 3. The van der Waals surface area contributed by atoms with Gasteiger partial charge >= 0.3 is 6.03 Å². The number of rotatable bonds is 4. The van der Waals surface area contributed by atoms with Crippen molar-refractivity contribution in [1.82, 2.24) is 25.4 Å². The van der Waals surface area contributed by atoms with Gasteiger partial charge in [0.05, 0.1) is 5.75 Å². The summed E-state index contributed by atoms with van der Waals surface area (Å²) in [7, 11) is 0. The molecule has 1 aliphatic heterocycles. The molecule has 8 heteroatoms. The largest absolute Gasteiger partial charge is 0.335 e. The lowest BCUT2D eigenvalue weighted by molar-refractivity contribution is -0.117. The van der Waals surface area contributed by atoms with Crippen LogP contribution >= 0.6 is 11.8 Å². The summed E-state index contributed by atoms with van der Waals surface area (Å²) in [6.07, 6.45) is 8.89. The van der Waals surface area contributed by atoms with Crippen LogP contribution in [0.3, 0.4) is 0 Å². The van der Waals surface area contributed by atoms with Gasteiger partial charge in [0.25, 0.3) is 0 Å². The van der Waals surface area contributed by atoms with Crippen molar-refractivity contribution < 1.29 is 9.59 Å². The van der Waals surface area contributed by atoms with E-state index in [1.165, 1.54) is 24.6 Å². The molecule has 1 aromatic rings. The third-order valence-corrected chi connectivity index (χ3v) is 6.06. The Balaban J connectivity index is 1.45. The van der Waals surface area contributed by atoms with Gasteiger partial charge in [-0.1, -0.05) is 37.9 Å². The smallest absolute Gasteiger partial charge is 0.321 e. The first-order valence-electron chi connectivity index (χ1n) is 9.28. The number of imide groups is 1. The predicted molar refractivity (Wildman–Crippen MR) is 96.4 cm³/mol. The molecule has 2 aliphatic rings. The van der Waals surface area contributed by atoms with Crippen LogP contribution < -0.4 is 10.6 Å². The van der Waals surface area contributed by atoms with E-state index in [9.17, 15) is 9.59 Å². The monoisotopic (exact) mass is 365 g/mol. The normalized spacial score (nSPS) is 23.4. The Morgan fingerprint density at radius 2 is 2.00 bits per heavy atom. The predicted octanol–water partition coefficient (Wildman–Crippen LogP) is 2.50. The summed E-state index contributed by atoms with van der Waals surface area (Å²) in [6.45, 7) is 3.06. The molecule has 3 amide bonds. The Labute approximate surface area is 152 Å². The van der Waals surface area contributed by atoms with Crippen molar-refractivity contribution in [2.75, 3.05) is 5.75 Å². The van der Waals surface area contributed by atoms with Gasteiger partial charge in [-0.3, -0.25) is 10.1 Å². The minimum absolute atomic E-state index is 0.168. The zero-order chi connectivity index (χ0) is 17.6. The summed E-state index contributed by atoms with van der Waals surface area (Å²) in [5.74, 6) is 1.35. The summed E-state index contributed by atoms with van der Waals surface area (Å²) >= 11 is 1.34. The fourth-order valence-corrected chi connectivity index (χ4v) is 4.38. The maximum atomic E-state index is 12.1. The fourth-order valence-electron chi connectivity index (χ4n) is 3.59. The van der Waals surface area contributed by atoms with Crippen molar-refractivity contribution in [2.24, 2.45) is 5.92 Å². The van der Waals surface area contributed by atoms with Gasteiger partial charge in [0.15, 0.2) is 5.16 Å². The Kier molecular flexibility index (Phi) is 6.34. The highest BCUT2D eigenvalue weighted by Crippen LogP contribution is 2.24. The summed E-state index contributed by atoms with van der Waals surface area (Å²) in [5, 5.41) is 14.6. The molecule has 0 spiro atoms. The number of aromatic nitrogens is 3. The van der Waals surface area contributed by atoms with Crippen LogP contribution in [0.4, 0.5) is 4.79 Å². The Hall–Kier alpha value is -1.57. The van der Waals surface area contributed by atoms with E-state index in [0.717, 1.165) is 56.1 Å². The van der Waals surface area contributed by atoms with Crippen LogP contribution in [-0.2, 0) is 17.8 Å². The molecule has 25 heavy (non-hydrogen) atoms. The molecule has 1 aromatic heterocycles. The van der Waals surface area contributed by atoms with E-state index in [2.05, 4.69) is 32.3 Å². The number of nitrogens with one attached hydrogen (secondary N) is 2. The number of aryl methyl sites for hydroxylation is 1. The molecule has 7 nitrogen and oxygen atoms in total. The van der Waals surface area contributed by atoms with Crippen molar-refractivity contribution in [1.29, 1.82) is 0 Å². The first kappa shape index (κ1) is 18.2. The van der Waals surface area contributed by atoms with Gasteiger partial charge in [0, 0.05) is 19.0 Å². The molecule has 1 fully saturated rings. The van der Waals surface area contributed by atoms with Gasteiger partial charge in [-0.05, 0) is 31.6 Å². The summed E-state index contributed by atoms with van der Waals surface area (Å²) in [4.78, 5) is 24.1. The van der Waals surface area contributed by atoms with Crippen molar-refractivity contribution >= 4 is 23.7 Å². The second-order valence-corrected chi connectivity index (χ2v) is 7.98. The highest BCUT2D eigenvalue weighted by atomic mass is 32.2. The second kappa shape index (κ2) is 8.69. The molecular formula is C17H27N5O2S. The molecule has 0 bridgehead atoms. The van der Waals surface area contributed by atoms with E-state index in [0.29, 0.717) is 5.92 Å². The van der Waals surface area contributed by atoms with E-state index in [1.54, 1.807) is 0 Å². The maximum Gasteiger partial charge on any atom is 0.321 e. The maximum absolute atomic E-state index is 12.1. The van der Waals surface area contributed by atoms with Gasteiger partial charge in [-0.15, -0.1) is 10.2 Å². The van der Waals surface area contributed by atoms with Gasteiger partial charge < -0.3 is 9.88 Å². The van der Waals surface area contributed by atoms with Gasteiger partial charge in [-0.25, -0.2) is 4.79 Å². The van der Waals surface area contributed by atoms with Crippen LogP contribution in [0.15, 0.2) is 5.16 Å². The number of hydrogen-bond donors (Lipinski definition) is 2. The SMILES string of the molecule is C[C@H]1CCCC[C@H]1NC(=O)NC(=O)CSc1nnc2n1CCCCC2. The molecule has 2 N–H and O–H groups in total. The van der Waals surface area contributed by atoms with E-state index in [1.807, 2.05) is 0 Å². The van der Waals surface area contributed by atoms with Gasteiger partial charge in [0.1, 0.15) is 5.82 Å². The average molecular weight is 366 g/mol. The van der Waals surface area contributed by atoms with Crippen LogP contribution in [0.25, 0.3) is 0 Å². The van der Waals surface area contributed by atoms with Crippen LogP contribution in [0.2, 0.25) is 0 Å². The fraction of sp³-hybridized carbons (Fsp3) is 0.765. The molecule has 3 rings (SSSR count). The topological polar surface area (TPSA) is 88.9 Å². The van der Waals surface area contributed by atoms with E-state index < -0.39 is 0 Å². The minimum Gasteiger partial charge on any atom is -0.335 e.